The van der Waals surface area contributed by atoms with Crippen molar-refractivity contribution in [2.24, 2.45) is 0 Å². The van der Waals surface area contributed by atoms with Crippen LogP contribution in [0.15, 0.2) is 125 Å². The van der Waals surface area contributed by atoms with Crippen LogP contribution in [0.5, 0.6) is 0 Å². The van der Waals surface area contributed by atoms with E-state index in [0.29, 0.717) is 18.3 Å². The van der Waals surface area contributed by atoms with E-state index in [1.165, 1.54) is 28.8 Å². The van der Waals surface area contributed by atoms with E-state index < -0.39 is 20.9 Å². The lowest BCUT2D eigenvalue weighted by Gasteiger charge is -2.46. The summed E-state index contributed by atoms with van der Waals surface area (Å²) in [5.41, 5.74) is 5.94. The van der Waals surface area contributed by atoms with Crippen molar-refractivity contribution in [3.8, 4) is 0 Å². The highest BCUT2D eigenvalue weighted by Crippen LogP contribution is 2.34. The quantitative estimate of drug-likeness (QED) is 0.0524. The predicted octanol–water partition coefficient (Wildman–Crippen LogP) is 8.22. The van der Waals surface area contributed by atoms with Crippen molar-refractivity contribution < 1.29 is 18.1 Å². The molecular formula is C41H41Cl2N5O5S2. The Hall–Kier alpha value is -4.59. The molecule has 0 bridgehead atoms. The van der Waals surface area contributed by atoms with Gasteiger partial charge in [0.05, 0.1) is 9.82 Å². The van der Waals surface area contributed by atoms with Gasteiger partial charge in [0.25, 0.3) is 21.6 Å². The highest BCUT2D eigenvalue weighted by Gasteiger charge is 2.32. The Labute approximate surface area is 336 Å². The summed E-state index contributed by atoms with van der Waals surface area (Å²) >= 11 is 7.70. The number of sulfonamides is 1. The van der Waals surface area contributed by atoms with Gasteiger partial charge in [-0.3, -0.25) is 19.8 Å². The summed E-state index contributed by atoms with van der Waals surface area (Å²) in [5.74, 6) is -0.138. The first-order chi connectivity index (χ1) is 26.1. The third kappa shape index (κ3) is 9.81. The number of hydrogen-bond donors (Lipinski definition) is 2. The van der Waals surface area contributed by atoms with E-state index in [2.05, 4.69) is 56.2 Å². The molecule has 2 N–H and O–H groups in total. The molecule has 14 heteroatoms. The van der Waals surface area contributed by atoms with Gasteiger partial charge in [-0.1, -0.05) is 66.2 Å². The SMILES string of the molecule is Cl.O=C(NS(=O)(=O)c1ccc(NCCSc2ccccc2)c([N+](=O)[O-])c1)c1ccc2c(c1)CC[C@@H]1CN(Cc3ccccc3Cc3ccc(Cl)cc3)CCN21. The number of hydrogen-bond acceptors (Lipinski definition) is 9. The van der Waals surface area contributed by atoms with Gasteiger partial charge in [0.15, 0.2) is 0 Å². The number of halogens is 2. The first-order valence-corrected chi connectivity index (χ1v) is 20.7. The molecule has 5 aromatic carbocycles. The van der Waals surface area contributed by atoms with Crippen molar-refractivity contribution in [1.29, 1.82) is 0 Å². The molecule has 7 rings (SSSR count). The number of carbonyl (C=O) groups is 1. The topological polar surface area (TPSA) is 125 Å². The number of rotatable bonds is 13. The minimum Gasteiger partial charge on any atom is -0.379 e. The summed E-state index contributed by atoms with van der Waals surface area (Å²) < 4.78 is 28.7. The molecule has 2 heterocycles. The second-order valence-electron chi connectivity index (χ2n) is 13.5. The molecule has 2 aliphatic rings. The summed E-state index contributed by atoms with van der Waals surface area (Å²) in [6.07, 6.45) is 2.52. The van der Waals surface area contributed by atoms with Crippen LogP contribution in [0.4, 0.5) is 17.1 Å². The molecule has 1 atom stereocenters. The number of anilines is 2. The van der Waals surface area contributed by atoms with Gasteiger partial charge in [-0.15, -0.1) is 24.2 Å². The molecule has 1 fully saturated rings. The fraction of sp³-hybridized carbons (Fsp3) is 0.244. The standard InChI is InChI=1S/C41H40ClN5O5S2.ClH/c42-34-14-10-29(11-15-34)24-30-6-4-5-7-33(30)27-45-21-22-46-35(28-45)16-12-31-25-32(13-19-39(31)46)41(48)44-54(51,52)37-17-18-38(40(26-37)47(49)50)43-20-23-53-36-8-2-1-3-9-36;/h1-11,13-15,17-19,25-26,35,43H,12,16,20-24,27-28H2,(H,44,48);1H/t35-;/m1./s1. The van der Waals surface area contributed by atoms with Crippen molar-refractivity contribution in [2.45, 2.75) is 41.6 Å². The van der Waals surface area contributed by atoms with Crippen molar-refractivity contribution in [2.75, 3.05) is 42.1 Å². The molecule has 55 heavy (non-hydrogen) atoms. The summed E-state index contributed by atoms with van der Waals surface area (Å²) in [4.78, 5) is 30.2. The number of nitro groups is 1. The Morgan fingerprint density at radius 1 is 0.909 bits per heavy atom. The molecule has 0 radical (unpaired) electrons. The van der Waals surface area contributed by atoms with Crippen molar-refractivity contribution in [1.82, 2.24) is 9.62 Å². The maximum atomic E-state index is 13.3. The zero-order chi connectivity index (χ0) is 37.7. The van der Waals surface area contributed by atoms with Crippen LogP contribution in [-0.2, 0) is 29.4 Å². The van der Waals surface area contributed by atoms with Gasteiger partial charge in [0.1, 0.15) is 5.69 Å². The molecule has 1 amide bonds. The van der Waals surface area contributed by atoms with Crippen molar-refractivity contribution in [3.05, 3.63) is 158 Å². The molecule has 10 nitrogen and oxygen atoms in total. The first-order valence-electron chi connectivity index (χ1n) is 17.8. The number of nitrogens with one attached hydrogen (secondary N) is 2. The van der Waals surface area contributed by atoms with Crippen LogP contribution < -0.4 is 14.9 Å². The van der Waals surface area contributed by atoms with Crippen LogP contribution in [0.2, 0.25) is 5.02 Å². The minimum absolute atomic E-state index is 0. The molecule has 1 saturated heterocycles. The van der Waals surface area contributed by atoms with Crippen LogP contribution in [0.3, 0.4) is 0 Å². The van der Waals surface area contributed by atoms with E-state index in [9.17, 15) is 23.3 Å². The van der Waals surface area contributed by atoms with Crippen LogP contribution in [-0.4, -0.2) is 62.1 Å². The lowest BCUT2D eigenvalue weighted by Crippen LogP contribution is -2.54. The van der Waals surface area contributed by atoms with E-state index in [4.69, 9.17) is 11.6 Å². The van der Waals surface area contributed by atoms with E-state index in [0.717, 1.165) is 72.7 Å². The third-order valence-corrected chi connectivity index (χ3v) is 12.5. The lowest BCUT2D eigenvalue weighted by atomic mass is 9.92. The third-order valence-electron chi connectivity index (χ3n) is 9.92. The molecular weight excluding hydrogens is 778 g/mol. The molecule has 0 aliphatic carbocycles. The van der Waals surface area contributed by atoms with E-state index in [1.54, 1.807) is 23.9 Å². The van der Waals surface area contributed by atoms with Crippen LogP contribution in [0.1, 0.15) is 39.0 Å². The van der Waals surface area contributed by atoms with Gasteiger partial charge in [0, 0.05) is 71.8 Å². The Bertz CT molecular complexity index is 2260. The smallest absolute Gasteiger partial charge is 0.293 e. The number of carbonyl (C=O) groups excluding carboxylic acids is 1. The number of aryl methyl sites for hydroxylation is 1. The molecule has 2 aliphatic heterocycles. The van der Waals surface area contributed by atoms with Gasteiger partial charge in [-0.2, -0.15) is 0 Å². The fourth-order valence-electron chi connectivity index (χ4n) is 7.19. The van der Waals surface area contributed by atoms with E-state index >= 15 is 0 Å². The van der Waals surface area contributed by atoms with E-state index in [-0.39, 0.29) is 34.2 Å². The minimum atomic E-state index is -4.39. The van der Waals surface area contributed by atoms with Gasteiger partial charge < -0.3 is 10.2 Å². The Balaban J connectivity index is 0.00000514. The van der Waals surface area contributed by atoms with Crippen LogP contribution in [0, 0.1) is 10.1 Å². The zero-order valence-electron chi connectivity index (χ0n) is 29.9. The molecule has 286 valence electrons. The second kappa shape index (κ2) is 17.9. The largest absolute Gasteiger partial charge is 0.379 e. The number of thioether (sulfide) groups is 1. The Kier molecular flexibility index (Phi) is 13.1. The number of amides is 1. The zero-order valence-corrected chi connectivity index (χ0v) is 33.1. The normalized spacial score (nSPS) is 15.3. The summed E-state index contributed by atoms with van der Waals surface area (Å²) in [7, 11) is -4.39. The predicted molar refractivity (Wildman–Crippen MR) is 223 cm³/mol. The Morgan fingerprint density at radius 2 is 1.65 bits per heavy atom. The average Bonchev–Trinajstić information content (AvgIpc) is 3.18. The number of nitrogens with zero attached hydrogens (tertiary/aromatic N) is 3. The van der Waals surface area contributed by atoms with Gasteiger partial charge in [0.2, 0.25) is 0 Å². The fourth-order valence-corrected chi connectivity index (χ4v) is 9.10. The van der Waals surface area contributed by atoms with Crippen LogP contribution >= 0.6 is 35.8 Å². The molecule has 0 saturated carbocycles. The van der Waals surface area contributed by atoms with Crippen molar-refractivity contribution >= 4 is 68.8 Å². The van der Waals surface area contributed by atoms with Gasteiger partial charge >= 0.3 is 0 Å². The first kappa shape index (κ1) is 40.1. The lowest BCUT2D eigenvalue weighted by molar-refractivity contribution is -0.384. The number of fused-ring (bicyclic) bond motifs is 3. The molecule has 0 unspecified atom stereocenters. The van der Waals surface area contributed by atoms with E-state index in [1.807, 2.05) is 48.5 Å². The highest BCUT2D eigenvalue weighted by atomic mass is 35.5. The summed E-state index contributed by atoms with van der Waals surface area (Å²) in [6.45, 7) is 3.94. The highest BCUT2D eigenvalue weighted by molar-refractivity contribution is 7.99. The van der Waals surface area contributed by atoms with Crippen LogP contribution in [0.25, 0.3) is 0 Å². The average molecular weight is 819 g/mol. The van der Waals surface area contributed by atoms with Crippen molar-refractivity contribution in [3.63, 3.8) is 0 Å². The number of nitro benzene ring substituents is 1. The van der Waals surface area contributed by atoms with Gasteiger partial charge in [-0.25, -0.2) is 13.1 Å². The van der Waals surface area contributed by atoms with Gasteiger partial charge in [-0.05, 0) is 96.1 Å². The monoisotopic (exact) mass is 817 g/mol. The Morgan fingerprint density at radius 3 is 2.42 bits per heavy atom. The summed E-state index contributed by atoms with van der Waals surface area (Å²) in [6, 6.07) is 35.6. The second-order valence-corrected chi connectivity index (χ2v) is 16.8. The maximum Gasteiger partial charge on any atom is 0.293 e. The molecule has 0 aromatic heterocycles. The number of piperazine rings is 1. The number of benzene rings is 5. The molecule has 0 spiro atoms. The maximum absolute atomic E-state index is 13.3. The molecule has 5 aromatic rings. The summed E-state index contributed by atoms with van der Waals surface area (Å²) in [5, 5.41) is 15.6.